The fourth-order valence-electron chi connectivity index (χ4n) is 1.09. The van der Waals surface area contributed by atoms with Gasteiger partial charge in [-0.25, -0.2) is 8.78 Å². The van der Waals surface area contributed by atoms with Crippen LogP contribution in [-0.4, -0.2) is 9.59 Å². The second kappa shape index (κ2) is 4.31. The third kappa shape index (κ3) is 2.27. The number of nitrogens with zero attached hydrogens (tertiary/aromatic N) is 2. The average Bonchev–Trinajstić information content (AvgIpc) is 2.73. The van der Waals surface area contributed by atoms with Crippen LogP contribution in [0.15, 0.2) is 23.6 Å². The Morgan fingerprint density at radius 1 is 1.33 bits per heavy atom. The summed E-state index contributed by atoms with van der Waals surface area (Å²) >= 11 is 1.21. The van der Waals surface area contributed by atoms with E-state index in [2.05, 4.69) is 14.9 Å². The maximum absolute atomic E-state index is 13.2. The van der Waals surface area contributed by atoms with E-state index in [1.165, 1.54) is 23.7 Å². The van der Waals surface area contributed by atoms with Crippen LogP contribution in [-0.2, 0) is 6.54 Å². The van der Waals surface area contributed by atoms with Gasteiger partial charge in [0.05, 0.1) is 17.9 Å². The third-order valence-electron chi connectivity index (χ3n) is 1.82. The number of rotatable bonds is 3. The van der Waals surface area contributed by atoms with Crippen LogP contribution in [0.25, 0.3) is 0 Å². The fraction of sp³-hybridized carbons (Fsp3) is 0.111. The predicted octanol–water partition coefficient (Wildman–Crippen LogP) is 2.43. The summed E-state index contributed by atoms with van der Waals surface area (Å²) in [6.45, 7) is 0.330. The molecule has 0 bridgehead atoms. The van der Waals surface area contributed by atoms with Gasteiger partial charge in [0.1, 0.15) is 0 Å². The van der Waals surface area contributed by atoms with Crippen molar-refractivity contribution in [2.24, 2.45) is 0 Å². The minimum Gasteiger partial charge on any atom is -0.377 e. The highest BCUT2D eigenvalue weighted by atomic mass is 32.1. The lowest BCUT2D eigenvalue weighted by Crippen LogP contribution is -2.02. The van der Waals surface area contributed by atoms with Gasteiger partial charge in [0.25, 0.3) is 0 Å². The van der Waals surface area contributed by atoms with Crippen molar-refractivity contribution in [1.29, 1.82) is 0 Å². The Bertz CT molecular complexity index is 445. The van der Waals surface area contributed by atoms with Gasteiger partial charge in [-0.15, -0.1) is 5.10 Å². The zero-order valence-corrected chi connectivity index (χ0v) is 8.39. The first kappa shape index (κ1) is 9.97. The zero-order chi connectivity index (χ0) is 10.7. The van der Waals surface area contributed by atoms with E-state index in [0.717, 1.165) is 6.07 Å². The second-order valence-corrected chi connectivity index (χ2v) is 3.46. The van der Waals surface area contributed by atoms with Gasteiger partial charge in [0.2, 0.25) is 0 Å². The van der Waals surface area contributed by atoms with Crippen LogP contribution < -0.4 is 5.32 Å². The normalized spacial score (nSPS) is 10.3. The lowest BCUT2D eigenvalue weighted by Gasteiger charge is -2.05. The molecule has 0 fully saturated rings. The van der Waals surface area contributed by atoms with Crippen molar-refractivity contribution in [2.75, 3.05) is 5.32 Å². The van der Waals surface area contributed by atoms with Crippen LogP contribution in [0.4, 0.5) is 14.5 Å². The summed E-state index contributed by atoms with van der Waals surface area (Å²) in [4.78, 5) is 0. The maximum atomic E-state index is 13.2. The highest BCUT2D eigenvalue weighted by Crippen LogP contribution is 2.17. The Morgan fingerprint density at radius 3 is 2.93 bits per heavy atom. The van der Waals surface area contributed by atoms with E-state index >= 15 is 0 Å². The van der Waals surface area contributed by atoms with E-state index in [1.807, 2.05) is 0 Å². The van der Waals surface area contributed by atoms with Crippen molar-refractivity contribution in [3.63, 3.8) is 0 Å². The van der Waals surface area contributed by atoms with E-state index in [-0.39, 0.29) is 5.69 Å². The Balaban J connectivity index is 2.08. The molecule has 1 aromatic heterocycles. The van der Waals surface area contributed by atoms with E-state index in [4.69, 9.17) is 0 Å². The molecule has 0 saturated heterocycles. The summed E-state index contributed by atoms with van der Waals surface area (Å²) in [5.41, 5.74) is 0.826. The smallest absolute Gasteiger partial charge is 0.181 e. The summed E-state index contributed by atoms with van der Waals surface area (Å²) in [5.74, 6) is -1.74. The zero-order valence-electron chi connectivity index (χ0n) is 7.58. The molecule has 2 aromatic rings. The molecular formula is C9H7F2N3S. The number of anilines is 1. The molecule has 15 heavy (non-hydrogen) atoms. The van der Waals surface area contributed by atoms with E-state index in [9.17, 15) is 8.78 Å². The molecule has 0 radical (unpaired) electrons. The Kier molecular flexibility index (Phi) is 2.86. The molecule has 1 N–H and O–H groups in total. The van der Waals surface area contributed by atoms with Gasteiger partial charge in [-0.05, 0) is 23.7 Å². The highest BCUT2D eigenvalue weighted by molar-refractivity contribution is 7.03. The third-order valence-corrected chi connectivity index (χ3v) is 2.37. The van der Waals surface area contributed by atoms with Gasteiger partial charge < -0.3 is 5.32 Å². The Hall–Kier alpha value is -1.56. The maximum Gasteiger partial charge on any atom is 0.181 e. The quantitative estimate of drug-likeness (QED) is 0.875. The molecule has 0 aliphatic rings. The van der Waals surface area contributed by atoms with Crippen LogP contribution >= 0.6 is 11.5 Å². The molecule has 0 atom stereocenters. The molecule has 3 nitrogen and oxygen atoms in total. The monoisotopic (exact) mass is 227 g/mol. The Labute approximate surface area is 88.9 Å². The molecule has 0 saturated carbocycles. The molecule has 78 valence electrons. The molecule has 0 aliphatic heterocycles. The van der Waals surface area contributed by atoms with Crippen LogP contribution in [0.2, 0.25) is 0 Å². The minimum absolute atomic E-state index is 0.128. The van der Waals surface area contributed by atoms with Crippen molar-refractivity contribution in [3.05, 3.63) is 40.9 Å². The molecule has 1 aromatic carbocycles. The van der Waals surface area contributed by atoms with Crippen molar-refractivity contribution >= 4 is 17.2 Å². The molecule has 6 heteroatoms. The Morgan fingerprint density at radius 2 is 2.20 bits per heavy atom. The molecule has 0 aliphatic carbocycles. The molecule has 2 rings (SSSR count). The van der Waals surface area contributed by atoms with E-state index in [0.29, 0.717) is 12.2 Å². The van der Waals surface area contributed by atoms with Gasteiger partial charge >= 0.3 is 0 Å². The predicted molar refractivity (Wildman–Crippen MR) is 53.6 cm³/mol. The van der Waals surface area contributed by atoms with Crippen molar-refractivity contribution in [3.8, 4) is 0 Å². The first-order valence-electron chi connectivity index (χ1n) is 4.21. The molecule has 1 heterocycles. The number of nitrogens with one attached hydrogen (secondary N) is 1. The average molecular weight is 227 g/mol. The highest BCUT2D eigenvalue weighted by Gasteiger charge is 2.07. The van der Waals surface area contributed by atoms with Crippen LogP contribution in [0.3, 0.4) is 0 Å². The largest absolute Gasteiger partial charge is 0.377 e. The van der Waals surface area contributed by atoms with Crippen LogP contribution in [0, 0.1) is 11.6 Å². The second-order valence-electron chi connectivity index (χ2n) is 2.85. The summed E-state index contributed by atoms with van der Waals surface area (Å²) in [7, 11) is 0. The van der Waals surface area contributed by atoms with Crippen LogP contribution in [0.5, 0.6) is 0 Å². The number of hydrogen-bond acceptors (Lipinski definition) is 4. The minimum atomic E-state index is -0.874. The summed E-state index contributed by atoms with van der Waals surface area (Å²) in [5, 5.41) is 8.26. The first-order valence-corrected chi connectivity index (χ1v) is 5.05. The summed E-state index contributed by atoms with van der Waals surface area (Å²) < 4.78 is 29.6. The molecule has 0 spiro atoms. The van der Waals surface area contributed by atoms with Gasteiger partial charge in [-0.3, -0.25) is 0 Å². The van der Waals surface area contributed by atoms with Gasteiger partial charge in [0.15, 0.2) is 11.6 Å². The van der Waals surface area contributed by atoms with Crippen LogP contribution in [0.1, 0.15) is 5.69 Å². The SMILES string of the molecule is Fc1cccc(NCc2csnn2)c1F. The van der Waals surface area contributed by atoms with E-state index in [1.54, 1.807) is 5.38 Å². The fourth-order valence-corrected chi connectivity index (χ4v) is 1.54. The summed E-state index contributed by atoms with van der Waals surface area (Å²) in [6, 6.07) is 3.99. The standard InChI is InChI=1S/C9H7F2N3S/c10-7-2-1-3-8(9(7)11)12-4-6-5-15-14-13-6/h1-3,5,12H,4H2. The first-order chi connectivity index (χ1) is 7.27. The number of benzene rings is 1. The molecule has 0 unspecified atom stereocenters. The molecule has 0 amide bonds. The molecular weight excluding hydrogens is 220 g/mol. The van der Waals surface area contributed by atoms with Gasteiger partial charge in [-0.2, -0.15) is 0 Å². The number of hydrogen-bond donors (Lipinski definition) is 1. The van der Waals surface area contributed by atoms with E-state index < -0.39 is 11.6 Å². The lowest BCUT2D eigenvalue weighted by molar-refractivity contribution is 0.511. The number of aromatic nitrogens is 2. The lowest BCUT2D eigenvalue weighted by atomic mass is 10.3. The van der Waals surface area contributed by atoms with Gasteiger partial charge in [-0.1, -0.05) is 10.6 Å². The topological polar surface area (TPSA) is 37.8 Å². The van der Waals surface area contributed by atoms with Gasteiger partial charge in [0, 0.05) is 5.38 Å². The van der Waals surface area contributed by atoms with Crippen molar-refractivity contribution < 1.29 is 8.78 Å². The number of halogens is 2. The van der Waals surface area contributed by atoms with Crippen molar-refractivity contribution in [1.82, 2.24) is 9.59 Å². The van der Waals surface area contributed by atoms with Crippen molar-refractivity contribution in [2.45, 2.75) is 6.54 Å². The summed E-state index contributed by atoms with van der Waals surface area (Å²) in [6.07, 6.45) is 0.